The Balaban J connectivity index is 1.67. The Hall–Kier alpha value is -4.29. The molecular formula is C18H20N8O5. The summed E-state index contributed by atoms with van der Waals surface area (Å²) in [6.07, 6.45) is 0. The molecule has 3 N–H and O–H groups in total. The van der Waals surface area contributed by atoms with Gasteiger partial charge in [-0.25, -0.2) is 0 Å². The first kappa shape index (κ1) is 21.4. The second-order valence-electron chi connectivity index (χ2n) is 6.35. The van der Waals surface area contributed by atoms with Crippen molar-refractivity contribution in [1.29, 1.82) is 0 Å². The minimum absolute atomic E-state index is 0.0624. The first-order chi connectivity index (χ1) is 14.8. The highest BCUT2D eigenvalue weighted by atomic mass is 16.6. The number of methoxy groups -OCH3 is 1. The van der Waals surface area contributed by atoms with Crippen molar-refractivity contribution in [3.8, 4) is 5.75 Å². The van der Waals surface area contributed by atoms with Gasteiger partial charge in [0, 0.05) is 0 Å². The third-order valence-corrected chi connectivity index (χ3v) is 4.22. The van der Waals surface area contributed by atoms with Crippen molar-refractivity contribution in [3.05, 3.63) is 51.6 Å². The maximum absolute atomic E-state index is 12.2. The number of nitrogens with zero attached hydrogens (tertiary/aromatic N) is 6. The molecule has 3 rings (SSSR count). The van der Waals surface area contributed by atoms with Gasteiger partial charge in [0.05, 0.1) is 17.7 Å². The number of nitrogen functional groups attached to an aromatic ring is 1. The van der Waals surface area contributed by atoms with Gasteiger partial charge < -0.3 is 20.5 Å². The van der Waals surface area contributed by atoms with E-state index in [1.807, 2.05) is 6.07 Å². The second kappa shape index (κ2) is 9.02. The number of para-hydroxylation sites is 2. The summed E-state index contributed by atoms with van der Waals surface area (Å²) in [5, 5.41) is 18.1. The van der Waals surface area contributed by atoms with E-state index >= 15 is 0 Å². The van der Waals surface area contributed by atoms with E-state index in [9.17, 15) is 14.9 Å². The fraction of sp³-hybridized carbons (Fsp3) is 0.278. The first-order valence-electron chi connectivity index (χ1n) is 9.03. The van der Waals surface area contributed by atoms with Crippen molar-refractivity contribution >= 4 is 29.2 Å². The Morgan fingerprint density at radius 3 is 2.68 bits per heavy atom. The van der Waals surface area contributed by atoms with Gasteiger partial charge in [-0.05, 0) is 26.0 Å². The Labute approximate surface area is 176 Å². The van der Waals surface area contributed by atoms with Gasteiger partial charge in [0.2, 0.25) is 11.9 Å². The molecule has 2 heterocycles. The zero-order valence-corrected chi connectivity index (χ0v) is 17.0. The lowest BCUT2D eigenvalue weighted by Crippen LogP contribution is -2.17. The molecule has 0 spiro atoms. The summed E-state index contributed by atoms with van der Waals surface area (Å²) >= 11 is 0. The molecular weight excluding hydrogens is 408 g/mol. The molecule has 0 bridgehead atoms. The molecule has 0 atom stereocenters. The predicted molar refractivity (Wildman–Crippen MR) is 109 cm³/mol. The Bertz CT molecular complexity index is 1130. The smallest absolute Gasteiger partial charge is 0.328 e. The fourth-order valence-corrected chi connectivity index (χ4v) is 2.85. The highest BCUT2D eigenvalue weighted by molar-refractivity contribution is 5.69. The molecule has 0 radical (unpaired) electrons. The number of rotatable bonds is 8. The van der Waals surface area contributed by atoms with Crippen LogP contribution in [0.1, 0.15) is 17.2 Å². The molecule has 0 fully saturated rings. The third-order valence-electron chi connectivity index (χ3n) is 4.22. The fourth-order valence-electron chi connectivity index (χ4n) is 2.85. The summed E-state index contributed by atoms with van der Waals surface area (Å²) in [5.74, 6) is 0.120. The molecule has 0 saturated heterocycles. The molecule has 31 heavy (non-hydrogen) atoms. The van der Waals surface area contributed by atoms with Crippen molar-refractivity contribution in [1.82, 2.24) is 24.7 Å². The average molecular weight is 428 g/mol. The molecule has 13 heteroatoms. The summed E-state index contributed by atoms with van der Waals surface area (Å²) < 4.78 is 11.6. The number of aryl methyl sites for hydroxylation is 1. The largest absolute Gasteiger partial charge is 0.495 e. The zero-order valence-electron chi connectivity index (χ0n) is 17.0. The number of carbonyl (C=O) groups is 1. The predicted octanol–water partition coefficient (Wildman–Crippen LogP) is 1.67. The van der Waals surface area contributed by atoms with Crippen LogP contribution >= 0.6 is 0 Å². The maximum Gasteiger partial charge on any atom is 0.328 e. The number of benzene rings is 1. The molecule has 0 aliphatic carbocycles. The van der Waals surface area contributed by atoms with Crippen molar-refractivity contribution in [2.24, 2.45) is 0 Å². The quantitative estimate of drug-likeness (QED) is 0.303. The number of anilines is 3. The van der Waals surface area contributed by atoms with E-state index in [0.29, 0.717) is 11.4 Å². The average Bonchev–Trinajstić information content (AvgIpc) is 2.99. The second-order valence-corrected chi connectivity index (χ2v) is 6.35. The van der Waals surface area contributed by atoms with Crippen LogP contribution in [-0.4, -0.2) is 42.7 Å². The number of hydrogen-bond donors (Lipinski definition) is 2. The van der Waals surface area contributed by atoms with E-state index in [-0.39, 0.29) is 47.9 Å². The number of ether oxygens (including phenoxy) is 2. The van der Waals surface area contributed by atoms with Gasteiger partial charge in [0.25, 0.3) is 0 Å². The van der Waals surface area contributed by atoms with Gasteiger partial charge in [-0.1, -0.05) is 12.1 Å². The monoisotopic (exact) mass is 428 g/mol. The topological polar surface area (TPSA) is 173 Å². The highest BCUT2D eigenvalue weighted by Crippen LogP contribution is 2.25. The molecule has 0 aliphatic heterocycles. The summed E-state index contributed by atoms with van der Waals surface area (Å²) in [4.78, 5) is 34.9. The summed E-state index contributed by atoms with van der Waals surface area (Å²) in [6, 6.07) is 7.15. The van der Waals surface area contributed by atoms with Crippen LogP contribution in [-0.2, 0) is 22.7 Å². The molecule has 162 valence electrons. The lowest BCUT2D eigenvalue weighted by Gasteiger charge is -2.11. The van der Waals surface area contributed by atoms with Gasteiger partial charge in [0.1, 0.15) is 23.7 Å². The maximum atomic E-state index is 12.2. The van der Waals surface area contributed by atoms with Gasteiger partial charge in [-0.2, -0.15) is 20.1 Å². The SMILES string of the molecule is COc1ccccc1Nc1nc(N)nc(COC(=O)Cn2nc(C)c([N+](=O)[O-])c2C)n1. The lowest BCUT2D eigenvalue weighted by molar-refractivity contribution is -0.386. The number of esters is 1. The van der Waals surface area contributed by atoms with Crippen LogP contribution in [0.3, 0.4) is 0 Å². The number of hydrogen-bond acceptors (Lipinski definition) is 11. The summed E-state index contributed by atoms with van der Waals surface area (Å²) in [5.41, 5.74) is 6.68. The molecule has 0 unspecified atom stereocenters. The van der Waals surface area contributed by atoms with Crippen LogP contribution in [0.15, 0.2) is 24.3 Å². The van der Waals surface area contributed by atoms with Crippen LogP contribution in [0.4, 0.5) is 23.3 Å². The van der Waals surface area contributed by atoms with Crippen molar-refractivity contribution < 1.29 is 19.2 Å². The van der Waals surface area contributed by atoms with E-state index in [2.05, 4.69) is 25.4 Å². The molecule has 3 aromatic rings. The number of nitrogens with one attached hydrogen (secondary N) is 1. The van der Waals surface area contributed by atoms with Gasteiger partial charge in [0.15, 0.2) is 12.4 Å². The molecule has 13 nitrogen and oxygen atoms in total. The van der Waals surface area contributed by atoms with Crippen LogP contribution in [0.25, 0.3) is 0 Å². The number of carbonyl (C=O) groups excluding carboxylic acids is 1. The molecule has 0 aliphatic rings. The van der Waals surface area contributed by atoms with Crippen LogP contribution in [0.5, 0.6) is 5.75 Å². The van der Waals surface area contributed by atoms with E-state index < -0.39 is 10.9 Å². The minimum atomic E-state index is -0.668. The van der Waals surface area contributed by atoms with Crippen molar-refractivity contribution in [2.45, 2.75) is 27.0 Å². The Morgan fingerprint density at radius 2 is 2.00 bits per heavy atom. The van der Waals surface area contributed by atoms with Crippen LogP contribution in [0.2, 0.25) is 0 Å². The van der Waals surface area contributed by atoms with E-state index in [4.69, 9.17) is 15.2 Å². The summed E-state index contributed by atoms with van der Waals surface area (Å²) in [7, 11) is 1.53. The normalized spacial score (nSPS) is 10.5. The zero-order chi connectivity index (χ0) is 22.5. The van der Waals surface area contributed by atoms with E-state index in [0.717, 1.165) is 0 Å². The van der Waals surface area contributed by atoms with Gasteiger partial charge >= 0.3 is 11.7 Å². The van der Waals surface area contributed by atoms with Crippen LogP contribution < -0.4 is 15.8 Å². The Kier molecular flexibility index (Phi) is 6.23. The highest BCUT2D eigenvalue weighted by Gasteiger charge is 2.23. The van der Waals surface area contributed by atoms with Crippen LogP contribution in [0, 0.1) is 24.0 Å². The van der Waals surface area contributed by atoms with Gasteiger partial charge in [-0.3, -0.25) is 19.6 Å². The first-order valence-corrected chi connectivity index (χ1v) is 9.03. The molecule has 0 amide bonds. The number of nitro groups is 1. The van der Waals surface area contributed by atoms with E-state index in [1.165, 1.54) is 25.6 Å². The summed E-state index contributed by atoms with van der Waals surface area (Å²) in [6.45, 7) is 2.44. The molecule has 2 aromatic heterocycles. The minimum Gasteiger partial charge on any atom is -0.495 e. The van der Waals surface area contributed by atoms with E-state index in [1.54, 1.807) is 18.2 Å². The lowest BCUT2D eigenvalue weighted by atomic mass is 10.3. The molecule has 1 aromatic carbocycles. The third kappa shape index (κ3) is 5.01. The number of nitrogens with two attached hydrogens (primary N) is 1. The van der Waals surface area contributed by atoms with Gasteiger partial charge in [-0.15, -0.1) is 0 Å². The standard InChI is InChI=1S/C18H20N8O5/c1-10-16(26(28)29)11(2)25(24-10)8-15(27)31-9-14-21-17(19)23-18(22-14)20-12-6-4-5-7-13(12)30-3/h4-7H,8-9H2,1-3H3,(H3,19,20,21,22,23). The Morgan fingerprint density at radius 1 is 1.26 bits per heavy atom. The molecule has 0 saturated carbocycles. The van der Waals surface area contributed by atoms with Crippen molar-refractivity contribution in [2.75, 3.05) is 18.2 Å². The number of aromatic nitrogens is 5. The van der Waals surface area contributed by atoms with Crippen molar-refractivity contribution in [3.63, 3.8) is 0 Å².